The maximum absolute atomic E-state index is 12.9. The number of ether oxygens (including phenoxy) is 2. The van der Waals surface area contributed by atoms with Crippen LogP contribution in [0.5, 0.6) is 5.75 Å². The first kappa shape index (κ1) is 24.5. The summed E-state index contributed by atoms with van der Waals surface area (Å²) in [6.45, 7) is 6.62. The molecule has 3 aromatic rings. The largest absolute Gasteiger partial charge is 0.495 e. The molecule has 3 heterocycles. The zero-order valence-electron chi connectivity index (χ0n) is 20.3. The zero-order chi connectivity index (χ0) is 25.1. The minimum absolute atomic E-state index is 0.0134. The number of morpholine rings is 1. The van der Waals surface area contributed by atoms with Gasteiger partial charge in [0.2, 0.25) is 0 Å². The molecule has 2 saturated heterocycles. The van der Waals surface area contributed by atoms with Gasteiger partial charge in [0.15, 0.2) is 0 Å². The number of nitrogens with zero attached hydrogens (tertiary/aromatic N) is 4. The fourth-order valence-electron chi connectivity index (χ4n) is 4.75. The Balaban J connectivity index is 1.19. The lowest BCUT2D eigenvalue weighted by atomic mass is 9.99. The highest BCUT2D eigenvalue weighted by Crippen LogP contribution is 2.30. The molecular formula is C26H30ClN5O4. The Labute approximate surface area is 214 Å². The van der Waals surface area contributed by atoms with Crippen molar-refractivity contribution >= 4 is 34.3 Å². The van der Waals surface area contributed by atoms with Gasteiger partial charge in [0, 0.05) is 68.5 Å². The molecule has 0 saturated carbocycles. The summed E-state index contributed by atoms with van der Waals surface area (Å²) in [7, 11) is 1.57. The van der Waals surface area contributed by atoms with Crippen LogP contribution < -0.4 is 10.1 Å². The smallest absolute Gasteiger partial charge is 0.255 e. The summed E-state index contributed by atoms with van der Waals surface area (Å²) in [6, 6.07) is 10.6. The summed E-state index contributed by atoms with van der Waals surface area (Å²) in [5.74, 6) is 0.685. The highest BCUT2D eigenvalue weighted by atomic mass is 35.5. The highest BCUT2D eigenvalue weighted by Gasteiger charge is 2.31. The summed E-state index contributed by atoms with van der Waals surface area (Å²) in [4.78, 5) is 29.6. The van der Waals surface area contributed by atoms with Gasteiger partial charge in [0.25, 0.3) is 11.8 Å². The van der Waals surface area contributed by atoms with E-state index < -0.39 is 0 Å². The standard InChI is InChI=1S/C26H30ClN5O4/c1-35-24-21(25(33)28-8-9-30-10-12-36-13-11-30)6-7-23-22(24)17-32(29-23)16-18-14-31(15-18)26(34)19-2-4-20(27)5-3-19/h2-7,17-18H,8-16H2,1H3,(H,28,33). The molecule has 0 atom stereocenters. The molecule has 2 aromatic carbocycles. The van der Waals surface area contributed by atoms with Crippen molar-refractivity contribution in [1.29, 1.82) is 0 Å². The number of fused-ring (bicyclic) bond motifs is 1. The summed E-state index contributed by atoms with van der Waals surface area (Å²) in [6.07, 6.45) is 1.92. The Morgan fingerprint density at radius 1 is 1.14 bits per heavy atom. The number of carbonyl (C=O) groups is 2. The van der Waals surface area contributed by atoms with E-state index in [1.165, 1.54) is 0 Å². The lowest BCUT2D eigenvalue weighted by Gasteiger charge is -2.39. The van der Waals surface area contributed by atoms with Crippen LogP contribution in [-0.4, -0.2) is 91.0 Å². The number of hydrogen-bond donors (Lipinski definition) is 1. The van der Waals surface area contributed by atoms with Crippen molar-refractivity contribution in [1.82, 2.24) is 24.9 Å². The van der Waals surface area contributed by atoms with E-state index in [-0.39, 0.29) is 11.8 Å². The molecule has 36 heavy (non-hydrogen) atoms. The maximum atomic E-state index is 12.9. The van der Waals surface area contributed by atoms with Crippen LogP contribution in [0.25, 0.3) is 10.9 Å². The number of carbonyl (C=O) groups excluding carboxylic acids is 2. The first-order valence-corrected chi connectivity index (χ1v) is 12.6. The molecule has 1 N–H and O–H groups in total. The second-order valence-corrected chi connectivity index (χ2v) is 9.66. The molecule has 9 nitrogen and oxygen atoms in total. The molecule has 190 valence electrons. The van der Waals surface area contributed by atoms with E-state index in [1.54, 1.807) is 37.4 Å². The first-order valence-electron chi connectivity index (χ1n) is 12.2. The highest BCUT2D eigenvalue weighted by molar-refractivity contribution is 6.30. The molecule has 5 rings (SSSR count). The van der Waals surface area contributed by atoms with Crippen LogP contribution in [0.4, 0.5) is 0 Å². The molecule has 0 bridgehead atoms. The summed E-state index contributed by atoms with van der Waals surface area (Å²) in [5.41, 5.74) is 1.91. The SMILES string of the molecule is COc1c(C(=O)NCCN2CCOCC2)ccc2nn(CC3CN(C(=O)c4ccc(Cl)cc4)C3)cc12. The van der Waals surface area contributed by atoms with Gasteiger partial charge in [0.1, 0.15) is 5.75 Å². The molecule has 0 radical (unpaired) electrons. The van der Waals surface area contributed by atoms with Crippen molar-refractivity contribution in [3.63, 3.8) is 0 Å². The van der Waals surface area contributed by atoms with Crippen molar-refractivity contribution in [3.05, 3.63) is 58.7 Å². The Kier molecular flexibility index (Phi) is 7.41. The van der Waals surface area contributed by atoms with Crippen LogP contribution in [-0.2, 0) is 11.3 Å². The van der Waals surface area contributed by atoms with E-state index in [4.69, 9.17) is 21.1 Å². The second kappa shape index (κ2) is 10.9. The van der Waals surface area contributed by atoms with Gasteiger partial charge in [-0.1, -0.05) is 11.6 Å². The fourth-order valence-corrected chi connectivity index (χ4v) is 4.87. The average molecular weight is 512 g/mol. The minimum Gasteiger partial charge on any atom is -0.495 e. The van der Waals surface area contributed by atoms with Gasteiger partial charge in [-0.3, -0.25) is 19.2 Å². The number of amides is 2. The number of nitrogens with one attached hydrogen (secondary N) is 1. The molecular weight excluding hydrogens is 482 g/mol. The predicted octanol–water partition coefficient (Wildman–Crippen LogP) is 2.53. The topological polar surface area (TPSA) is 88.9 Å². The van der Waals surface area contributed by atoms with E-state index in [9.17, 15) is 9.59 Å². The second-order valence-electron chi connectivity index (χ2n) is 9.22. The molecule has 2 amide bonds. The molecule has 10 heteroatoms. The Hall–Kier alpha value is -3.14. The van der Waals surface area contributed by atoms with E-state index >= 15 is 0 Å². The number of methoxy groups -OCH3 is 1. The molecule has 0 unspecified atom stereocenters. The average Bonchev–Trinajstić information content (AvgIpc) is 3.29. The van der Waals surface area contributed by atoms with Crippen molar-refractivity contribution in [3.8, 4) is 5.75 Å². The summed E-state index contributed by atoms with van der Waals surface area (Å²) < 4.78 is 12.9. The first-order chi connectivity index (χ1) is 17.5. The number of rotatable bonds is 8. The third-order valence-corrected chi connectivity index (χ3v) is 6.99. The van der Waals surface area contributed by atoms with E-state index in [2.05, 4.69) is 15.3 Å². The number of aromatic nitrogens is 2. The van der Waals surface area contributed by atoms with E-state index in [1.807, 2.05) is 21.8 Å². The number of benzene rings is 2. The van der Waals surface area contributed by atoms with E-state index in [0.717, 1.165) is 43.8 Å². The molecule has 0 spiro atoms. The number of hydrogen-bond acceptors (Lipinski definition) is 6. The van der Waals surface area contributed by atoms with Crippen molar-refractivity contribution in [2.75, 3.05) is 59.6 Å². The fraction of sp³-hybridized carbons (Fsp3) is 0.423. The summed E-state index contributed by atoms with van der Waals surface area (Å²) in [5, 5.41) is 9.09. The van der Waals surface area contributed by atoms with E-state index in [0.29, 0.717) is 54.0 Å². The Bertz CT molecular complexity index is 1230. The van der Waals surface area contributed by atoms with Crippen LogP contribution in [0.2, 0.25) is 5.02 Å². The van der Waals surface area contributed by atoms with Gasteiger partial charge in [-0.05, 0) is 36.4 Å². The van der Waals surface area contributed by atoms with Gasteiger partial charge in [0.05, 0.1) is 36.8 Å². The lowest BCUT2D eigenvalue weighted by Crippen LogP contribution is -2.51. The number of halogens is 1. The molecule has 2 aliphatic rings. The molecule has 2 aliphatic heterocycles. The Morgan fingerprint density at radius 3 is 2.61 bits per heavy atom. The van der Waals surface area contributed by atoms with Crippen molar-refractivity contribution in [2.45, 2.75) is 6.54 Å². The van der Waals surface area contributed by atoms with Crippen LogP contribution in [0.15, 0.2) is 42.6 Å². The van der Waals surface area contributed by atoms with Crippen LogP contribution in [0, 0.1) is 5.92 Å². The molecule has 0 aliphatic carbocycles. The normalized spacial score (nSPS) is 16.7. The molecule has 1 aromatic heterocycles. The third-order valence-electron chi connectivity index (χ3n) is 6.73. The lowest BCUT2D eigenvalue weighted by molar-refractivity contribution is 0.0383. The van der Waals surface area contributed by atoms with Gasteiger partial charge in [-0.15, -0.1) is 0 Å². The Morgan fingerprint density at radius 2 is 1.89 bits per heavy atom. The summed E-state index contributed by atoms with van der Waals surface area (Å²) >= 11 is 5.92. The van der Waals surface area contributed by atoms with Crippen molar-refractivity contribution < 1.29 is 19.1 Å². The third kappa shape index (κ3) is 5.33. The van der Waals surface area contributed by atoms with Gasteiger partial charge in [-0.2, -0.15) is 5.10 Å². The zero-order valence-corrected chi connectivity index (χ0v) is 21.0. The van der Waals surface area contributed by atoms with Crippen molar-refractivity contribution in [2.24, 2.45) is 5.92 Å². The van der Waals surface area contributed by atoms with Crippen LogP contribution in [0.1, 0.15) is 20.7 Å². The van der Waals surface area contributed by atoms with Gasteiger partial charge < -0.3 is 19.7 Å². The van der Waals surface area contributed by atoms with Crippen LogP contribution in [0.3, 0.4) is 0 Å². The minimum atomic E-state index is -0.162. The van der Waals surface area contributed by atoms with Gasteiger partial charge >= 0.3 is 0 Å². The van der Waals surface area contributed by atoms with Gasteiger partial charge in [-0.25, -0.2) is 0 Å². The predicted molar refractivity (Wildman–Crippen MR) is 137 cm³/mol. The monoisotopic (exact) mass is 511 g/mol. The number of likely N-dealkylation sites (tertiary alicyclic amines) is 1. The maximum Gasteiger partial charge on any atom is 0.255 e. The van der Waals surface area contributed by atoms with Crippen LogP contribution >= 0.6 is 11.6 Å². The quantitative estimate of drug-likeness (QED) is 0.500. The molecule has 2 fully saturated rings.